The van der Waals surface area contributed by atoms with Crippen LogP contribution in [0.15, 0.2) is 29.3 Å². The van der Waals surface area contributed by atoms with Crippen LogP contribution in [0.2, 0.25) is 0 Å². The third-order valence-electron chi connectivity index (χ3n) is 4.29. The molecule has 1 heterocycles. The Balaban J connectivity index is 1.61. The highest BCUT2D eigenvalue weighted by atomic mass is 19.1. The van der Waals surface area contributed by atoms with Crippen LogP contribution in [0.3, 0.4) is 0 Å². The summed E-state index contributed by atoms with van der Waals surface area (Å²) < 4.78 is 12.9. The van der Waals surface area contributed by atoms with Crippen LogP contribution in [0.4, 0.5) is 4.39 Å². The molecule has 4 nitrogen and oxygen atoms in total. The van der Waals surface area contributed by atoms with Gasteiger partial charge in [-0.2, -0.15) is 0 Å². The fourth-order valence-electron chi connectivity index (χ4n) is 2.86. The predicted molar refractivity (Wildman–Crippen MR) is 76.2 cm³/mol. The molecule has 3 rings (SSSR count). The van der Waals surface area contributed by atoms with Gasteiger partial charge in [-0.15, -0.1) is 0 Å². The topological polar surface area (TPSA) is 56.7 Å². The minimum atomic E-state index is -0.222. The van der Waals surface area contributed by atoms with E-state index in [0.29, 0.717) is 18.5 Å². The van der Waals surface area contributed by atoms with E-state index >= 15 is 0 Å². The van der Waals surface area contributed by atoms with E-state index in [2.05, 4.69) is 22.5 Å². The van der Waals surface area contributed by atoms with Crippen molar-refractivity contribution in [2.75, 3.05) is 19.7 Å². The van der Waals surface area contributed by atoms with Crippen molar-refractivity contribution >= 4 is 5.96 Å². The number of aliphatic hydroxyl groups is 1. The minimum Gasteiger partial charge on any atom is -0.396 e. The molecule has 1 fully saturated rings. The third-order valence-corrected chi connectivity index (χ3v) is 4.29. The van der Waals surface area contributed by atoms with E-state index in [0.717, 1.165) is 24.5 Å². The second-order valence-corrected chi connectivity index (χ2v) is 5.92. The lowest BCUT2D eigenvalue weighted by Gasteiger charge is -2.17. The summed E-state index contributed by atoms with van der Waals surface area (Å²) in [6.45, 7) is 3.68. The molecule has 1 saturated carbocycles. The van der Waals surface area contributed by atoms with Gasteiger partial charge in [-0.3, -0.25) is 4.99 Å². The second kappa shape index (κ2) is 5.05. The summed E-state index contributed by atoms with van der Waals surface area (Å²) in [4.78, 5) is 4.35. The number of guanidine groups is 1. The normalized spacial score (nSPS) is 31.6. The average molecular weight is 277 g/mol. The first-order valence-corrected chi connectivity index (χ1v) is 7.04. The first-order chi connectivity index (χ1) is 9.63. The molecule has 1 aliphatic heterocycles. The maximum Gasteiger partial charge on any atom is 0.191 e. The zero-order valence-electron chi connectivity index (χ0n) is 11.6. The second-order valence-electron chi connectivity index (χ2n) is 5.92. The van der Waals surface area contributed by atoms with E-state index in [-0.39, 0.29) is 17.8 Å². The fourth-order valence-corrected chi connectivity index (χ4v) is 2.86. The van der Waals surface area contributed by atoms with E-state index in [1.165, 1.54) is 12.1 Å². The average Bonchev–Trinajstić information content (AvgIpc) is 3.04. The number of rotatable bonds is 4. The number of nitrogens with zero attached hydrogens (tertiary/aromatic N) is 1. The predicted octanol–water partition coefficient (Wildman–Crippen LogP) is 1.23. The van der Waals surface area contributed by atoms with Crippen molar-refractivity contribution in [3.63, 3.8) is 0 Å². The Hall–Kier alpha value is -1.62. The number of aliphatic imine (C=N–C) groups is 1. The molecule has 20 heavy (non-hydrogen) atoms. The summed E-state index contributed by atoms with van der Waals surface area (Å²) in [5, 5.41) is 16.2. The molecule has 0 saturated heterocycles. The number of nitrogens with one attached hydrogen (secondary N) is 2. The molecule has 1 aromatic carbocycles. The lowest BCUT2D eigenvalue weighted by Crippen LogP contribution is -2.41. The van der Waals surface area contributed by atoms with Crippen molar-refractivity contribution in [1.82, 2.24) is 10.6 Å². The molecule has 1 aromatic rings. The Morgan fingerprint density at radius 3 is 2.80 bits per heavy atom. The van der Waals surface area contributed by atoms with E-state index in [1.54, 1.807) is 0 Å². The Bertz CT molecular complexity index is 516. The SMILES string of the molecule is CC1CN=C(NCC2(CO)CC2c2ccc(F)cc2)N1. The molecule has 3 atom stereocenters. The Labute approximate surface area is 118 Å². The van der Waals surface area contributed by atoms with Crippen molar-refractivity contribution in [3.05, 3.63) is 35.6 Å². The van der Waals surface area contributed by atoms with Crippen LogP contribution in [-0.4, -0.2) is 36.8 Å². The minimum absolute atomic E-state index is 0.130. The molecular weight excluding hydrogens is 257 g/mol. The number of hydrogen-bond donors (Lipinski definition) is 3. The summed E-state index contributed by atoms with van der Waals surface area (Å²) in [7, 11) is 0. The van der Waals surface area contributed by atoms with Gasteiger partial charge in [-0.05, 0) is 37.0 Å². The summed E-state index contributed by atoms with van der Waals surface area (Å²) in [6, 6.07) is 6.95. The highest BCUT2D eigenvalue weighted by molar-refractivity contribution is 5.81. The number of halogens is 1. The summed E-state index contributed by atoms with van der Waals surface area (Å²) in [5.41, 5.74) is 0.949. The van der Waals surface area contributed by atoms with E-state index in [4.69, 9.17) is 0 Å². The maximum absolute atomic E-state index is 12.9. The molecule has 0 aromatic heterocycles. The quantitative estimate of drug-likeness (QED) is 0.776. The Morgan fingerprint density at radius 2 is 2.20 bits per heavy atom. The van der Waals surface area contributed by atoms with E-state index < -0.39 is 0 Å². The standard InChI is InChI=1S/C15H20FN3O/c1-10-7-17-14(19-10)18-8-15(9-20)6-13(15)11-2-4-12(16)5-3-11/h2-5,10,13,20H,6-9H2,1H3,(H2,17,18,19). The van der Waals surface area contributed by atoms with Gasteiger partial charge >= 0.3 is 0 Å². The van der Waals surface area contributed by atoms with Gasteiger partial charge in [-0.25, -0.2) is 4.39 Å². The van der Waals surface area contributed by atoms with Crippen molar-refractivity contribution in [2.45, 2.75) is 25.3 Å². The third kappa shape index (κ3) is 2.50. The Morgan fingerprint density at radius 1 is 1.45 bits per heavy atom. The van der Waals surface area contributed by atoms with E-state index in [9.17, 15) is 9.50 Å². The maximum atomic E-state index is 12.9. The van der Waals surface area contributed by atoms with Crippen LogP contribution in [0.1, 0.15) is 24.8 Å². The first-order valence-electron chi connectivity index (χ1n) is 7.04. The molecule has 0 radical (unpaired) electrons. The van der Waals surface area contributed by atoms with Gasteiger partial charge in [0.05, 0.1) is 13.2 Å². The molecule has 0 spiro atoms. The first kappa shape index (κ1) is 13.4. The molecule has 1 aliphatic carbocycles. The van der Waals surface area contributed by atoms with Crippen molar-refractivity contribution < 1.29 is 9.50 Å². The summed E-state index contributed by atoms with van der Waals surface area (Å²) >= 11 is 0. The van der Waals surface area contributed by atoms with Crippen LogP contribution in [0.25, 0.3) is 0 Å². The van der Waals surface area contributed by atoms with Gasteiger partial charge in [0.1, 0.15) is 5.82 Å². The smallest absolute Gasteiger partial charge is 0.191 e. The van der Waals surface area contributed by atoms with Gasteiger partial charge in [0.25, 0.3) is 0 Å². The number of aliphatic hydroxyl groups excluding tert-OH is 1. The van der Waals surface area contributed by atoms with Gasteiger partial charge in [0.15, 0.2) is 5.96 Å². The molecule has 0 amide bonds. The zero-order chi connectivity index (χ0) is 14.2. The van der Waals surface area contributed by atoms with Crippen molar-refractivity contribution in [3.8, 4) is 0 Å². The monoisotopic (exact) mass is 277 g/mol. The number of hydrogen-bond acceptors (Lipinski definition) is 4. The molecular formula is C15H20FN3O. The van der Waals surface area contributed by atoms with Crippen LogP contribution >= 0.6 is 0 Å². The lowest BCUT2D eigenvalue weighted by molar-refractivity contribution is 0.207. The fraction of sp³-hybridized carbons (Fsp3) is 0.533. The summed E-state index contributed by atoms with van der Waals surface area (Å²) in [5.74, 6) is 0.885. The van der Waals surface area contributed by atoms with Crippen molar-refractivity contribution in [1.29, 1.82) is 0 Å². The molecule has 0 bridgehead atoms. The van der Waals surface area contributed by atoms with Crippen molar-refractivity contribution in [2.24, 2.45) is 10.4 Å². The van der Waals surface area contributed by atoms with Gasteiger partial charge in [0.2, 0.25) is 0 Å². The molecule has 3 unspecified atom stereocenters. The van der Waals surface area contributed by atoms with Gasteiger partial charge in [-0.1, -0.05) is 12.1 Å². The Kier molecular flexibility index (Phi) is 3.38. The molecule has 5 heteroatoms. The van der Waals surface area contributed by atoms with Gasteiger partial charge in [0, 0.05) is 18.0 Å². The lowest BCUT2D eigenvalue weighted by atomic mass is 10.00. The summed E-state index contributed by atoms with van der Waals surface area (Å²) in [6.07, 6.45) is 0.922. The highest BCUT2D eigenvalue weighted by Crippen LogP contribution is 2.58. The molecule has 3 N–H and O–H groups in total. The van der Waals surface area contributed by atoms with E-state index in [1.807, 2.05) is 12.1 Å². The highest BCUT2D eigenvalue weighted by Gasteiger charge is 2.54. The van der Waals surface area contributed by atoms with Gasteiger partial charge < -0.3 is 15.7 Å². The molecule has 108 valence electrons. The number of benzene rings is 1. The van der Waals surface area contributed by atoms with Crippen LogP contribution in [0.5, 0.6) is 0 Å². The zero-order valence-corrected chi connectivity index (χ0v) is 11.6. The van der Waals surface area contributed by atoms with Crippen LogP contribution in [0, 0.1) is 11.2 Å². The van der Waals surface area contributed by atoms with Crippen LogP contribution < -0.4 is 10.6 Å². The van der Waals surface area contributed by atoms with Crippen LogP contribution in [-0.2, 0) is 0 Å². The largest absolute Gasteiger partial charge is 0.396 e. The molecule has 2 aliphatic rings.